The molecule has 0 atom stereocenters. The highest BCUT2D eigenvalue weighted by molar-refractivity contribution is 9.10. The highest BCUT2D eigenvalue weighted by Gasteiger charge is 2.11. The van der Waals surface area contributed by atoms with Crippen molar-refractivity contribution in [1.29, 1.82) is 0 Å². The van der Waals surface area contributed by atoms with Crippen molar-refractivity contribution in [2.75, 3.05) is 11.1 Å². The number of amides is 1. The number of primary sulfonamides is 1. The lowest BCUT2D eigenvalue weighted by Crippen LogP contribution is -2.15. The normalized spacial score (nSPS) is 11.3. The van der Waals surface area contributed by atoms with Crippen LogP contribution >= 0.6 is 27.7 Å². The highest BCUT2D eigenvalue weighted by Crippen LogP contribution is 2.22. The fraction of sp³-hybridized carbons (Fsp3) is 0.0588. The Kier molecular flexibility index (Phi) is 6.00. The maximum absolute atomic E-state index is 12.2. The van der Waals surface area contributed by atoms with E-state index in [0.717, 1.165) is 10.2 Å². The van der Waals surface area contributed by atoms with Gasteiger partial charge in [-0.1, -0.05) is 27.7 Å². The molecule has 27 heavy (non-hydrogen) atoms. The number of hydrogen-bond donors (Lipinski definition) is 2. The number of carbonyl (C=O) groups excluding carboxylic acids is 1. The molecule has 0 saturated carbocycles. The first-order valence-electron chi connectivity index (χ1n) is 7.68. The number of thioether (sulfide) groups is 1. The molecule has 3 aromatic rings. The maximum atomic E-state index is 12.2. The lowest BCUT2D eigenvalue weighted by molar-refractivity contribution is -0.113. The van der Waals surface area contributed by atoms with Gasteiger partial charge in [0.1, 0.15) is 0 Å². The van der Waals surface area contributed by atoms with Gasteiger partial charge in [0.2, 0.25) is 15.9 Å². The van der Waals surface area contributed by atoms with Crippen LogP contribution in [0.3, 0.4) is 0 Å². The number of aromatic nitrogens is 2. The van der Waals surface area contributed by atoms with Crippen LogP contribution in [0.4, 0.5) is 5.69 Å². The number of hydrogen-bond acceptors (Lipinski definition) is 5. The molecule has 0 spiro atoms. The van der Waals surface area contributed by atoms with Gasteiger partial charge in [-0.3, -0.25) is 9.36 Å². The monoisotopic (exact) mass is 466 g/mol. The predicted octanol–water partition coefficient (Wildman–Crippen LogP) is 3.01. The van der Waals surface area contributed by atoms with Crippen molar-refractivity contribution < 1.29 is 13.2 Å². The zero-order valence-corrected chi connectivity index (χ0v) is 17.1. The van der Waals surface area contributed by atoms with E-state index in [1.54, 1.807) is 6.20 Å². The third kappa shape index (κ3) is 5.19. The number of nitrogens with zero attached hydrogens (tertiary/aromatic N) is 2. The highest BCUT2D eigenvalue weighted by atomic mass is 79.9. The second-order valence-corrected chi connectivity index (χ2v) is 8.88. The van der Waals surface area contributed by atoms with Crippen LogP contribution in [0.5, 0.6) is 0 Å². The SMILES string of the molecule is NS(=O)(=O)c1ccc(NC(=O)CSc2nccn2-c2ccc(Br)cc2)cc1. The number of imidazole rings is 1. The fourth-order valence-corrected chi connectivity index (χ4v) is 3.80. The summed E-state index contributed by atoms with van der Waals surface area (Å²) in [5, 5.41) is 8.45. The van der Waals surface area contributed by atoms with Crippen molar-refractivity contribution in [2.24, 2.45) is 5.14 Å². The van der Waals surface area contributed by atoms with E-state index in [-0.39, 0.29) is 16.6 Å². The number of rotatable bonds is 6. The first kappa shape index (κ1) is 19.6. The Morgan fingerprint density at radius 3 is 2.44 bits per heavy atom. The van der Waals surface area contributed by atoms with Gasteiger partial charge in [0, 0.05) is 28.2 Å². The first-order valence-corrected chi connectivity index (χ1v) is 11.0. The third-order valence-electron chi connectivity index (χ3n) is 3.51. The molecule has 0 fully saturated rings. The smallest absolute Gasteiger partial charge is 0.238 e. The van der Waals surface area contributed by atoms with Gasteiger partial charge in [-0.2, -0.15) is 0 Å². The molecule has 0 unspecified atom stereocenters. The van der Waals surface area contributed by atoms with E-state index < -0.39 is 10.0 Å². The van der Waals surface area contributed by atoms with E-state index in [9.17, 15) is 13.2 Å². The lowest BCUT2D eigenvalue weighted by atomic mass is 10.3. The van der Waals surface area contributed by atoms with Gasteiger partial charge in [0.05, 0.1) is 10.6 Å². The summed E-state index contributed by atoms with van der Waals surface area (Å²) in [6.45, 7) is 0. The van der Waals surface area contributed by atoms with Crippen molar-refractivity contribution in [3.8, 4) is 5.69 Å². The van der Waals surface area contributed by atoms with Crippen molar-refractivity contribution in [1.82, 2.24) is 9.55 Å². The van der Waals surface area contributed by atoms with Crippen LogP contribution in [0, 0.1) is 0 Å². The number of nitrogens with one attached hydrogen (secondary N) is 1. The summed E-state index contributed by atoms with van der Waals surface area (Å²) in [5.74, 6) is -0.0708. The average Bonchev–Trinajstić information content (AvgIpc) is 3.09. The van der Waals surface area contributed by atoms with E-state index in [2.05, 4.69) is 26.2 Å². The van der Waals surface area contributed by atoms with E-state index in [4.69, 9.17) is 5.14 Å². The molecular formula is C17H15BrN4O3S2. The molecule has 2 aromatic carbocycles. The van der Waals surface area contributed by atoms with Crippen molar-refractivity contribution in [2.45, 2.75) is 10.1 Å². The minimum atomic E-state index is -3.75. The number of benzene rings is 2. The summed E-state index contributed by atoms with van der Waals surface area (Å²) in [7, 11) is -3.75. The second-order valence-electron chi connectivity index (χ2n) is 5.46. The first-order chi connectivity index (χ1) is 12.8. The minimum Gasteiger partial charge on any atom is -0.325 e. The van der Waals surface area contributed by atoms with Gasteiger partial charge >= 0.3 is 0 Å². The van der Waals surface area contributed by atoms with Gasteiger partial charge in [-0.15, -0.1) is 0 Å². The Hall–Kier alpha value is -2.14. The Balaban J connectivity index is 1.62. The van der Waals surface area contributed by atoms with Crippen LogP contribution in [0.2, 0.25) is 0 Å². The Morgan fingerprint density at radius 2 is 1.81 bits per heavy atom. The molecule has 0 aliphatic carbocycles. The molecule has 3 N–H and O–H groups in total. The summed E-state index contributed by atoms with van der Waals surface area (Å²) >= 11 is 4.70. The molecule has 0 saturated heterocycles. The molecule has 0 aliphatic rings. The minimum absolute atomic E-state index is 0.00796. The fourth-order valence-electron chi connectivity index (χ4n) is 2.25. The number of halogens is 1. The zero-order valence-electron chi connectivity index (χ0n) is 13.9. The molecule has 0 bridgehead atoms. The molecule has 3 rings (SSSR count). The maximum Gasteiger partial charge on any atom is 0.238 e. The Morgan fingerprint density at radius 1 is 1.15 bits per heavy atom. The summed E-state index contributed by atoms with van der Waals surface area (Å²) in [4.78, 5) is 16.4. The van der Waals surface area contributed by atoms with E-state index in [1.165, 1.54) is 36.0 Å². The topological polar surface area (TPSA) is 107 Å². The van der Waals surface area contributed by atoms with Crippen LogP contribution in [-0.4, -0.2) is 29.6 Å². The Labute approximate surface area is 169 Å². The van der Waals surface area contributed by atoms with E-state index in [1.807, 2.05) is 35.0 Å². The second kappa shape index (κ2) is 8.26. The zero-order chi connectivity index (χ0) is 19.4. The molecule has 7 nitrogen and oxygen atoms in total. The average molecular weight is 467 g/mol. The van der Waals surface area contributed by atoms with Crippen LogP contribution < -0.4 is 10.5 Å². The van der Waals surface area contributed by atoms with Gasteiger partial charge in [0.15, 0.2) is 5.16 Å². The number of anilines is 1. The molecule has 1 aromatic heterocycles. The van der Waals surface area contributed by atoms with Gasteiger partial charge in [-0.05, 0) is 48.5 Å². The number of sulfonamides is 1. The molecule has 0 radical (unpaired) electrons. The Bertz CT molecular complexity index is 1050. The molecular weight excluding hydrogens is 452 g/mol. The summed E-state index contributed by atoms with van der Waals surface area (Å²) in [6, 6.07) is 13.4. The number of nitrogens with two attached hydrogens (primary N) is 1. The van der Waals surface area contributed by atoms with Crippen molar-refractivity contribution >= 4 is 49.3 Å². The molecule has 1 amide bonds. The summed E-state index contributed by atoms with van der Waals surface area (Å²) in [6.07, 6.45) is 3.50. The van der Waals surface area contributed by atoms with E-state index in [0.29, 0.717) is 10.8 Å². The molecule has 140 valence electrons. The van der Waals surface area contributed by atoms with Crippen LogP contribution in [-0.2, 0) is 14.8 Å². The third-order valence-corrected chi connectivity index (χ3v) is 5.94. The number of carbonyl (C=O) groups is 1. The molecule has 10 heteroatoms. The van der Waals surface area contributed by atoms with Crippen LogP contribution in [0.1, 0.15) is 0 Å². The molecule has 0 aliphatic heterocycles. The van der Waals surface area contributed by atoms with E-state index >= 15 is 0 Å². The largest absolute Gasteiger partial charge is 0.325 e. The van der Waals surface area contributed by atoms with Gasteiger partial charge < -0.3 is 5.32 Å². The quantitative estimate of drug-likeness (QED) is 0.542. The van der Waals surface area contributed by atoms with Crippen LogP contribution in [0.25, 0.3) is 5.69 Å². The summed E-state index contributed by atoms with van der Waals surface area (Å²) in [5.41, 5.74) is 1.43. The van der Waals surface area contributed by atoms with Crippen molar-refractivity contribution in [3.63, 3.8) is 0 Å². The standard InChI is InChI=1S/C17H15BrN4O3S2/c18-12-1-5-14(6-2-12)22-10-9-20-17(22)26-11-16(23)21-13-3-7-15(8-4-13)27(19,24)25/h1-10H,11H2,(H,21,23)(H2,19,24,25). The van der Waals surface area contributed by atoms with Gasteiger partial charge in [0.25, 0.3) is 0 Å². The predicted molar refractivity (Wildman–Crippen MR) is 108 cm³/mol. The molecule has 1 heterocycles. The van der Waals surface area contributed by atoms with Crippen molar-refractivity contribution in [3.05, 3.63) is 65.4 Å². The van der Waals surface area contributed by atoms with Gasteiger partial charge in [-0.25, -0.2) is 18.5 Å². The van der Waals surface area contributed by atoms with Crippen LogP contribution in [0.15, 0.2) is 75.4 Å². The lowest BCUT2D eigenvalue weighted by Gasteiger charge is -2.08. The summed E-state index contributed by atoms with van der Waals surface area (Å²) < 4.78 is 25.4.